The van der Waals surface area contributed by atoms with Crippen molar-refractivity contribution in [2.24, 2.45) is 16.8 Å². The lowest BCUT2D eigenvalue weighted by molar-refractivity contribution is -0.0566. The highest BCUT2D eigenvalue weighted by Crippen LogP contribution is 2.31. The normalized spacial score (nSPS) is 25.1. The van der Waals surface area contributed by atoms with Gasteiger partial charge in [0.2, 0.25) is 0 Å². The molecule has 5 heteroatoms. The van der Waals surface area contributed by atoms with Gasteiger partial charge in [-0.2, -0.15) is 0 Å². The molecular formula is C19H37N3O2. The van der Waals surface area contributed by atoms with E-state index in [4.69, 9.17) is 4.74 Å². The molecule has 3 N–H and O–H groups in total. The molecule has 2 fully saturated rings. The summed E-state index contributed by atoms with van der Waals surface area (Å²) in [5, 5.41) is 17.5. The molecule has 2 unspecified atom stereocenters. The van der Waals surface area contributed by atoms with Crippen LogP contribution in [0, 0.1) is 11.8 Å². The fourth-order valence-electron chi connectivity index (χ4n) is 3.87. The summed E-state index contributed by atoms with van der Waals surface area (Å²) in [4.78, 5) is 4.67. The minimum atomic E-state index is -0.709. The van der Waals surface area contributed by atoms with Crippen LogP contribution >= 0.6 is 0 Å². The highest BCUT2D eigenvalue weighted by Gasteiger charge is 2.30. The van der Waals surface area contributed by atoms with E-state index in [1.165, 1.54) is 32.1 Å². The van der Waals surface area contributed by atoms with Gasteiger partial charge >= 0.3 is 0 Å². The Balaban J connectivity index is 1.89. The molecule has 0 bridgehead atoms. The summed E-state index contributed by atoms with van der Waals surface area (Å²) in [7, 11) is 0. The highest BCUT2D eigenvalue weighted by atomic mass is 16.5. The molecule has 1 aliphatic carbocycles. The van der Waals surface area contributed by atoms with E-state index in [0.717, 1.165) is 18.4 Å². The number of aliphatic hydroxyl groups is 1. The Bertz CT molecular complexity index is 388. The fourth-order valence-corrected chi connectivity index (χ4v) is 3.87. The quantitative estimate of drug-likeness (QED) is 0.514. The Morgan fingerprint density at radius 1 is 1.21 bits per heavy atom. The fraction of sp³-hybridized carbons (Fsp3) is 0.947. The average molecular weight is 340 g/mol. The molecule has 0 amide bonds. The molecule has 2 aliphatic rings. The second-order valence-electron chi connectivity index (χ2n) is 7.72. The zero-order valence-corrected chi connectivity index (χ0v) is 15.8. The summed E-state index contributed by atoms with van der Waals surface area (Å²) < 4.78 is 5.34. The Hall–Kier alpha value is -0.810. The number of aliphatic imine (C=N–C) groups is 1. The molecular weight excluding hydrogens is 302 g/mol. The summed E-state index contributed by atoms with van der Waals surface area (Å²) in [6.07, 6.45) is 8.22. The van der Waals surface area contributed by atoms with Crippen molar-refractivity contribution in [1.29, 1.82) is 0 Å². The van der Waals surface area contributed by atoms with Crippen LogP contribution in [0.3, 0.4) is 0 Å². The number of nitrogens with zero attached hydrogens (tertiary/aromatic N) is 1. The van der Waals surface area contributed by atoms with E-state index in [0.29, 0.717) is 44.6 Å². The van der Waals surface area contributed by atoms with Crippen molar-refractivity contribution in [3.8, 4) is 0 Å². The molecule has 0 aromatic carbocycles. The summed E-state index contributed by atoms with van der Waals surface area (Å²) in [6.45, 7) is 9.23. The van der Waals surface area contributed by atoms with Crippen molar-refractivity contribution in [3.05, 3.63) is 0 Å². The van der Waals surface area contributed by atoms with Gasteiger partial charge in [0, 0.05) is 38.6 Å². The number of hydrogen-bond acceptors (Lipinski definition) is 3. The summed E-state index contributed by atoms with van der Waals surface area (Å²) in [5.74, 6) is 2.29. The highest BCUT2D eigenvalue weighted by molar-refractivity contribution is 5.80. The van der Waals surface area contributed by atoms with E-state index >= 15 is 0 Å². The third-order valence-corrected chi connectivity index (χ3v) is 5.85. The van der Waals surface area contributed by atoms with Crippen LogP contribution in [-0.4, -0.2) is 49.0 Å². The Morgan fingerprint density at radius 3 is 2.50 bits per heavy atom. The number of guanidine groups is 1. The molecule has 24 heavy (non-hydrogen) atoms. The first-order valence-corrected chi connectivity index (χ1v) is 9.89. The Kier molecular flexibility index (Phi) is 7.82. The van der Waals surface area contributed by atoms with Crippen molar-refractivity contribution in [1.82, 2.24) is 10.6 Å². The first-order chi connectivity index (χ1) is 11.5. The van der Waals surface area contributed by atoms with Crippen LogP contribution in [0.15, 0.2) is 4.99 Å². The largest absolute Gasteiger partial charge is 0.388 e. The van der Waals surface area contributed by atoms with Crippen LogP contribution in [0.4, 0.5) is 0 Å². The van der Waals surface area contributed by atoms with E-state index in [2.05, 4.69) is 36.4 Å². The minimum Gasteiger partial charge on any atom is -0.388 e. The van der Waals surface area contributed by atoms with E-state index in [9.17, 15) is 5.11 Å². The smallest absolute Gasteiger partial charge is 0.191 e. The molecule has 0 radical (unpaired) electrons. The van der Waals surface area contributed by atoms with Gasteiger partial charge in [0.1, 0.15) is 0 Å². The molecule has 140 valence electrons. The zero-order valence-electron chi connectivity index (χ0n) is 15.8. The lowest BCUT2D eigenvalue weighted by atomic mass is 9.78. The summed E-state index contributed by atoms with van der Waals surface area (Å²) >= 11 is 0. The van der Waals surface area contributed by atoms with Crippen LogP contribution < -0.4 is 10.6 Å². The third-order valence-electron chi connectivity index (χ3n) is 5.85. The van der Waals surface area contributed by atoms with Gasteiger partial charge in [-0.1, -0.05) is 39.0 Å². The van der Waals surface area contributed by atoms with Crippen LogP contribution in [0.25, 0.3) is 0 Å². The van der Waals surface area contributed by atoms with Crippen molar-refractivity contribution in [2.75, 3.05) is 26.3 Å². The molecule has 0 aromatic rings. The van der Waals surface area contributed by atoms with Gasteiger partial charge in [-0.05, 0) is 25.7 Å². The first kappa shape index (κ1) is 19.5. The van der Waals surface area contributed by atoms with E-state index in [-0.39, 0.29) is 0 Å². The molecule has 5 nitrogen and oxygen atoms in total. The van der Waals surface area contributed by atoms with Crippen molar-refractivity contribution in [3.63, 3.8) is 0 Å². The minimum absolute atomic E-state index is 0.384. The van der Waals surface area contributed by atoms with E-state index in [1.54, 1.807) is 0 Å². The number of hydrogen-bond donors (Lipinski definition) is 3. The molecule has 2 atom stereocenters. The van der Waals surface area contributed by atoms with Gasteiger partial charge in [-0.3, -0.25) is 4.99 Å². The maximum atomic E-state index is 10.6. The standard InChI is InChI=1S/C19H37N3O2/c1-4-20-18(21-14-19(23)10-12-24-13-11-19)22-16(3)15(2)17-8-6-5-7-9-17/h15-17,23H,4-14H2,1-3H3,(H2,20,21,22). The van der Waals surface area contributed by atoms with Crippen LogP contribution in [0.1, 0.15) is 65.7 Å². The average Bonchev–Trinajstić information content (AvgIpc) is 2.60. The van der Waals surface area contributed by atoms with Crippen LogP contribution in [-0.2, 0) is 4.74 Å². The number of ether oxygens (including phenoxy) is 1. The van der Waals surface area contributed by atoms with Crippen LogP contribution in [0.2, 0.25) is 0 Å². The second kappa shape index (κ2) is 9.62. The van der Waals surface area contributed by atoms with Gasteiger partial charge in [-0.25, -0.2) is 0 Å². The molecule has 0 aromatic heterocycles. The molecule has 1 saturated heterocycles. The number of nitrogens with one attached hydrogen (secondary N) is 2. The van der Waals surface area contributed by atoms with Crippen LogP contribution in [0.5, 0.6) is 0 Å². The van der Waals surface area contributed by atoms with E-state index in [1.807, 2.05) is 0 Å². The predicted octanol–water partition coefficient (Wildman–Crippen LogP) is 2.69. The first-order valence-electron chi connectivity index (χ1n) is 9.89. The third kappa shape index (κ3) is 5.92. The lowest BCUT2D eigenvalue weighted by Gasteiger charge is -2.33. The lowest BCUT2D eigenvalue weighted by Crippen LogP contribution is -2.47. The second-order valence-corrected chi connectivity index (χ2v) is 7.72. The van der Waals surface area contributed by atoms with Gasteiger partial charge in [0.25, 0.3) is 0 Å². The maximum Gasteiger partial charge on any atom is 0.191 e. The Morgan fingerprint density at radius 2 is 1.88 bits per heavy atom. The predicted molar refractivity (Wildman–Crippen MR) is 99.3 cm³/mol. The summed E-state index contributed by atoms with van der Waals surface area (Å²) in [5.41, 5.74) is -0.709. The van der Waals surface area contributed by atoms with Crippen molar-refractivity contribution in [2.45, 2.75) is 77.4 Å². The molecule has 0 spiro atoms. The van der Waals surface area contributed by atoms with Gasteiger partial charge in [0.15, 0.2) is 5.96 Å². The zero-order chi connectivity index (χ0) is 17.4. The van der Waals surface area contributed by atoms with Gasteiger partial charge < -0.3 is 20.5 Å². The van der Waals surface area contributed by atoms with E-state index < -0.39 is 5.60 Å². The number of rotatable bonds is 6. The van der Waals surface area contributed by atoms with Crippen molar-refractivity contribution >= 4 is 5.96 Å². The topological polar surface area (TPSA) is 65.9 Å². The molecule has 1 aliphatic heterocycles. The van der Waals surface area contributed by atoms with Crippen molar-refractivity contribution < 1.29 is 9.84 Å². The molecule has 2 rings (SSSR count). The maximum absolute atomic E-state index is 10.6. The van der Waals surface area contributed by atoms with Gasteiger partial charge in [-0.15, -0.1) is 0 Å². The Labute approximate surface area is 147 Å². The molecule has 1 saturated carbocycles. The SMILES string of the molecule is CCNC(=NCC1(O)CCOCC1)NC(C)C(C)C1CCCCC1. The van der Waals surface area contributed by atoms with Gasteiger partial charge in [0.05, 0.1) is 12.1 Å². The summed E-state index contributed by atoms with van der Waals surface area (Å²) in [6, 6.07) is 0.384. The monoisotopic (exact) mass is 339 g/mol. The molecule has 1 heterocycles.